The van der Waals surface area contributed by atoms with Gasteiger partial charge in [0.05, 0.1) is 36.1 Å². The summed E-state index contributed by atoms with van der Waals surface area (Å²) in [6, 6.07) is 9.23. The molecule has 30 heavy (non-hydrogen) atoms. The van der Waals surface area contributed by atoms with Gasteiger partial charge >= 0.3 is 5.97 Å². The van der Waals surface area contributed by atoms with Gasteiger partial charge in [-0.05, 0) is 12.1 Å². The Hall–Kier alpha value is -3.52. The Morgan fingerprint density at radius 2 is 1.73 bits per heavy atom. The fourth-order valence-corrected chi connectivity index (χ4v) is 2.65. The van der Waals surface area contributed by atoms with Crippen LogP contribution in [0.3, 0.4) is 0 Å². The maximum Gasteiger partial charge on any atom is 0.340 e. The highest BCUT2D eigenvalue weighted by Crippen LogP contribution is 2.34. The third-order valence-electron chi connectivity index (χ3n) is 3.89. The molecule has 0 spiro atoms. The summed E-state index contributed by atoms with van der Waals surface area (Å²) in [4.78, 5) is 36.9. The zero-order valence-corrected chi connectivity index (χ0v) is 17.2. The van der Waals surface area contributed by atoms with Crippen molar-refractivity contribution >= 4 is 35.1 Å². The predicted molar refractivity (Wildman–Crippen MR) is 112 cm³/mol. The third-order valence-corrected chi connectivity index (χ3v) is 4.22. The number of benzene rings is 2. The van der Waals surface area contributed by atoms with Crippen LogP contribution in [0.15, 0.2) is 49.1 Å². The van der Waals surface area contributed by atoms with E-state index in [1.165, 1.54) is 32.4 Å². The molecule has 0 bridgehead atoms. The van der Waals surface area contributed by atoms with Gasteiger partial charge in [0.15, 0.2) is 18.1 Å². The molecule has 2 aromatic rings. The average molecular weight is 433 g/mol. The van der Waals surface area contributed by atoms with E-state index in [0.717, 1.165) is 0 Å². The van der Waals surface area contributed by atoms with Crippen molar-refractivity contribution in [1.29, 1.82) is 0 Å². The number of rotatable bonds is 9. The second kappa shape index (κ2) is 10.9. The number of carbonyl (C=O) groups excluding carboxylic acids is 3. The third kappa shape index (κ3) is 5.74. The summed E-state index contributed by atoms with van der Waals surface area (Å²) < 4.78 is 15.5. The minimum atomic E-state index is -0.834. The summed E-state index contributed by atoms with van der Waals surface area (Å²) in [6.07, 6.45) is 1.50. The Balaban J connectivity index is 2.32. The zero-order chi connectivity index (χ0) is 22.1. The fourth-order valence-electron chi connectivity index (χ4n) is 2.43. The number of halogens is 1. The Morgan fingerprint density at radius 3 is 2.37 bits per heavy atom. The normalized spacial score (nSPS) is 9.97. The van der Waals surface area contributed by atoms with E-state index in [-0.39, 0.29) is 39.9 Å². The molecule has 0 radical (unpaired) electrons. The molecular formula is C21H21ClN2O6. The first kappa shape index (κ1) is 22.8. The lowest BCUT2D eigenvalue weighted by molar-refractivity contribution is -0.124. The number of esters is 1. The smallest absolute Gasteiger partial charge is 0.340 e. The van der Waals surface area contributed by atoms with Crippen molar-refractivity contribution in [1.82, 2.24) is 5.32 Å². The maximum atomic E-state index is 12.7. The minimum absolute atomic E-state index is 0.0235. The topological polar surface area (TPSA) is 103 Å². The number of methoxy groups -OCH3 is 2. The molecular weight excluding hydrogens is 412 g/mol. The monoisotopic (exact) mass is 432 g/mol. The van der Waals surface area contributed by atoms with Gasteiger partial charge in [-0.25, -0.2) is 4.79 Å². The van der Waals surface area contributed by atoms with Gasteiger partial charge in [-0.1, -0.05) is 29.8 Å². The highest BCUT2D eigenvalue weighted by atomic mass is 35.5. The highest BCUT2D eigenvalue weighted by Gasteiger charge is 2.21. The Labute approximate surface area is 178 Å². The molecule has 2 aromatic carbocycles. The lowest BCUT2D eigenvalue weighted by Gasteiger charge is -2.15. The summed E-state index contributed by atoms with van der Waals surface area (Å²) in [5, 5.41) is 5.36. The number of anilines is 1. The van der Waals surface area contributed by atoms with E-state index >= 15 is 0 Å². The van der Waals surface area contributed by atoms with Crippen LogP contribution in [0.4, 0.5) is 5.69 Å². The van der Waals surface area contributed by atoms with Crippen LogP contribution >= 0.6 is 11.6 Å². The van der Waals surface area contributed by atoms with Gasteiger partial charge in [-0.3, -0.25) is 9.59 Å². The first-order valence-corrected chi connectivity index (χ1v) is 9.15. The molecule has 2 N–H and O–H groups in total. The average Bonchev–Trinajstić information content (AvgIpc) is 2.75. The predicted octanol–water partition coefficient (Wildman–Crippen LogP) is 3.07. The Morgan fingerprint density at radius 1 is 1.07 bits per heavy atom. The first-order chi connectivity index (χ1) is 14.4. The molecule has 0 aliphatic heterocycles. The Kier molecular flexibility index (Phi) is 8.25. The van der Waals surface area contributed by atoms with E-state index in [1.54, 1.807) is 24.3 Å². The van der Waals surface area contributed by atoms with Crippen molar-refractivity contribution in [2.75, 3.05) is 32.7 Å². The molecule has 0 aromatic heterocycles. The number of carbonyl (C=O) groups is 3. The zero-order valence-electron chi connectivity index (χ0n) is 16.5. The van der Waals surface area contributed by atoms with E-state index in [9.17, 15) is 14.4 Å². The van der Waals surface area contributed by atoms with E-state index in [4.69, 9.17) is 25.8 Å². The molecule has 0 saturated heterocycles. The number of ether oxygens (including phenoxy) is 3. The lowest BCUT2D eigenvalue weighted by Crippen LogP contribution is -2.29. The lowest BCUT2D eigenvalue weighted by atomic mass is 10.1. The molecule has 0 saturated carbocycles. The van der Waals surface area contributed by atoms with E-state index in [0.29, 0.717) is 0 Å². The first-order valence-electron chi connectivity index (χ1n) is 8.77. The van der Waals surface area contributed by atoms with Crippen LogP contribution in [0, 0.1) is 0 Å². The van der Waals surface area contributed by atoms with Gasteiger partial charge in [-0.15, -0.1) is 6.58 Å². The Bertz CT molecular complexity index is 961. The molecule has 0 heterocycles. The van der Waals surface area contributed by atoms with Crippen molar-refractivity contribution in [3.63, 3.8) is 0 Å². The molecule has 158 valence electrons. The largest absolute Gasteiger partial charge is 0.493 e. The van der Waals surface area contributed by atoms with Gasteiger partial charge in [0.1, 0.15) is 0 Å². The molecule has 0 unspecified atom stereocenters. The van der Waals surface area contributed by atoms with Gasteiger partial charge in [0.25, 0.3) is 11.8 Å². The minimum Gasteiger partial charge on any atom is -0.493 e. The summed E-state index contributed by atoms with van der Waals surface area (Å²) >= 11 is 6.07. The highest BCUT2D eigenvalue weighted by molar-refractivity contribution is 6.34. The van der Waals surface area contributed by atoms with E-state index in [2.05, 4.69) is 17.2 Å². The molecule has 0 aliphatic carbocycles. The summed E-state index contributed by atoms with van der Waals surface area (Å²) in [7, 11) is 2.82. The number of hydrogen-bond acceptors (Lipinski definition) is 6. The second-order valence-corrected chi connectivity index (χ2v) is 6.26. The van der Waals surface area contributed by atoms with E-state index < -0.39 is 24.4 Å². The van der Waals surface area contributed by atoms with Gasteiger partial charge < -0.3 is 24.8 Å². The molecule has 2 rings (SSSR count). The fraction of sp³-hybridized carbons (Fsp3) is 0.190. The standard InChI is InChI=1S/C21H21ClN2O6/c1-4-9-23-19(25)12-30-21(27)14-10-17(28-2)18(29-3)11-16(14)24-20(26)13-7-5-6-8-15(13)22/h4-8,10-11H,1,9,12H2,2-3H3,(H,23,25)(H,24,26). The molecule has 0 aliphatic rings. The molecule has 0 atom stereocenters. The number of amides is 2. The van der Waals surface area contributed by atoms with Gasteiger partial charge in [0.2, 0.25) is 0 Å². The van der Waals surface area contributed by atoms with Crippen LogP contribution in [0.2, 0.25) is 5.02 Å². The van der Waals surface area contributed by atoms with Crippen molar-refractivity contribution in [3.8, 4) is 11.5 Å². The maximum absolute atomic E-state index is 12.7. The van der Waals surface area contributed by atoms with Crippen molar-refractivity contribution in [3.05, 3.63) is 65.2 Å². The van der Waals surface area contributed by atoms with Crippen molar-refractivity contribution in [2.45, 2.75) is 0 Å². The van der Waals surface area contributed by atoms with E-state index in [1.807, 2.05) is 0 Å². The molecule has 8 nitrogen and oxygen atoms in total. The van der Waals surface area contributed by atoms with Gasteiger partial charge in [0, 0.05) is 18.7 Å². The van der Waals surface area contributed by atoms with Crippen LogP contribution in [0.1, 0.15) is 20.7 Å². The van der Waals surface area contributed by atoms with Crippen LogP contribution < -0.4 is 20.1 Å². The summed E-state index contributed by atoms with van der Waals surface area (Å²) in [5.41, 5.74) is 0.302. The van der Waals surface area contributed by atoms with Crippen molar-refractivity contribution in [2.24, 2.45) is 0 Å². The number of hydrogen-bond donors (Lipinski definition) is 2. The number of nitrogens with one attached hydrogen (secondary N) is 2. The molecule has 0 fully saturated rings. The second-order valence-electron chi connectivity index (χ2n) is 5.86. The quantitative estimate of drug-likeness (QED) is 0.466. The molecule has 9 heteroatoms. The summed E-state index contributed by atoms with van der Waals surface area (Å²) in [6.45, 7) is 3.22. The molecule has 2 amide bonds. The summed E-state index contributed by atoms with van der Waals surface area (Å²) in [5.74, 6) is -1.33. The van der Waals surface area contributed by atoms with Crippen molar-refractivity contribution < 1.29 is 28.6 Å². The van der Waals surface area contributed by atoms with Crippen LogP contribution in [-0.2, 0) is 9.53 Å². The van der Waals surface area contributed by atoms with Crippen LogP contribution in [-0.4, -0.2) is 45.2 Å². The SMILES string of the molecule is C=CCNC(=O)COC(=O)c1cc(OC)c(OC)cc1NC(=O)c1ccccc1Cl. The van der Waals surface area contributed by atoms with Gasteiger partial charge in [-0.2, -0.15) is 0 Å². The van der Waals surface area contributed by atoms with Crippen LogP contribution in [0.25, 0.3) is 0 Å². The van der Waals surface area contributed by atoms with Crippen LogP contribution in [0.5, 0.6) is 11.5 Å².